The van der Waals surface area contributed by atoms with Gasteiger partial charge in [-0.1, -0.05) is 20.8 Å². The Kier molecular flexibility index (Phi) is 3.57. The molecular formula is C11H23N. The summed E-state index contributed by atoms with van der Waals surface area (Å²) in [6.45, 7) is 8.30. The van der Waals surface area contributed by atoms with Crippen LogP contribution in [0.25, 0.3) is 0 Å². The van der Waals surface area contributed by atoms with E-state index >= 15 is 0 Å². The van der Waals surface area contributed by atoms with Crippen molar-refractivity contribution in [3.05, 3.63) is 0 Å². The average Bonchev–Trinajstić information content (AvgIpc) is 2.81. The summed E-state index contributed by atoms with van der Waals surface area (Å²) >= 11 is 0. The Bertz CT molecular complexity index is 119. The maximum absolute atomic E-state index is 2.53. The van der Waals surface area contributed by atoms with Crippen LogP contribution in [0.4, 0.5) is 0 Å². The molecule has 0 aromatic carbocycles. The van der Waals surface area contributed by atoms with Crippen molar-refractivity contribution in [1.29, 1.82) is 0 Å². The van der Waals surface area contributed by atoms with Crippen molar-refractivity contribution in [2.45, 2.75) is 46.1 Å². The van der Waals surface area contributed by atoms with E-state index in [2.05, 4.69) is 32.7 Å². The molecule has 1 saturated carbocycles. The molecule has 0 aromatic heterocycles. The Hall–Kier alpha value is -0.0400. The second kappa shape index (κ2) is 4.27. The summed E-state index contributed by atoms with van der Waals surface area (Å²) in [6, 6.07) is 0.935. The van der Waals surface area contributed by atoms with Crippen molar-refractivity contribution in [3.8, 4) is 0 Å². The van der Waals surface area contributed by atoms with Crippen LogP contribution in [0.3, 0.4) is 0 Å². The molecule has 1 fully saturated rings. The Morgan fingerprint density at radius 2 is 1.83 bits per heavy atom. The van der Waals surface area contributed by atoms with Crippen molar-refractivity contribution in [2.24, 2.45) is 11.8 Å². The first-order valence-electron chi connectivity index (χ1n) is 5.31. The highest BCUT2D eigenvalue weighted by molar-refractivity contribution is 4.82. The van der Waals surface area contributed by atoms with E-state index in [1.165, 1.54) is 25.8 Å². The van der Waals surface area contributed by atoms with Crippen molar-refractivity contribution in [3.63, 3.8) is 0 Å². The van der Waals surface area contributed by atoms with E-state index in [-0.39, 0.29) is 0 Å². The molecule has 0 bridgehead atoms. The topological polar surface area (TPSA) is 3.24 Å². The fourth-order valence-electron chi connectivity index (χ4n) is 1.44. The van der Waals surface area contributed by atoms with Crippen LogP contribution in [0.1, 0.15) is 40.0 Å². The van der Waals surface area contributed by atoms with Crippen LogP contribution in [-0.2, 0) is 0 Å². The smallest absolute Gasteiger partial charge is 0.00933 e. The third-order valence-corrected chi connectivity index (χ3v) is 3.25. The molecule has 0 saturated heterocycles. The Balaban J connectivity index is 2.07. The first-order valence-corrected chi connectivity index (χ1v) is 5.31. The molecule has 1 aliphatic rings. The highest BCUT2D eigenvalue weighted by atomic mass is 15.1. The minimum Gasteiger partial charge on any atom is -0.303 e. The van der Waals surface area contributed by atoms with E-state index in [1.807, 2.05) is 0 Å². The lowest BCUT2D eigenvalue weighted by molar-refractivity contribution is 0.273. The Labute approximate surface area is 77.1 Å². The van der Waals surface area contributed by atoms with Gasteiger partial charge in [0.1, 0.15) is 0 Å². The summed E-state index contributed by atoms with van der Waals surface area (Å²) in [6.07, 6.45) is 4.24. The zero-order valence-corrected chi connectivity index (χ0v) is 9.01. The summed E-state index contributed by atoms with van der Waals surface area (Å²) in [4.78, 5) is 2.53. The molecule has 1 rings (SSSR count). The molecule has 0 aliphatic heterocycles. The minimum atomic E-state index is 0.845. The van der Waals surface area contributed by atoms with Gasteiger partial charge in [0, 0.05) is 6.04 Å². The normalized spacial score (nSPS) is 20.5. The largest absolute Gasteiger partial charge is 0.303 e. The van der Waals surface area contributed by atoms with Crippen LogP contribution in [0.5, 0.6) is 0 Å². The van der Waals surface area contributed by atoms with Gasteiger partial charge in [0.05, 0.1) is 0 Å². The zero-order valence-electron chi connectivity index (χ0n) is 9.01. The average molecular weight is 169 g/mol. The zero-order chi connectivity index (χ0) is 9.14. The summed E-state index contributed by atoms with van der Waals surface area (Å²) in [5.41, 5.74) is 0. The SMILES string of the molecule is CC(C)C(C)CCN(C)C1CC1. The highest BCUT2D eigenvalue weighted by Gasteiger charge is 2.25. The quantitative estimate of drug-likeness (QED) is 0.611. The molecule has 1 atom stereocenters. The molecule has 0 heterocycles. The summed E-state index contributed by atoms with van der Waals surface area (Å²) in [5, 5.41) is 0. The molecule has 0 spiro atoms. The van der Waals surface area contributed by atoms with E-state index < -0.39 is 0 Å². The molecular weight excluding hydrogens is 146 g/mol. The van der Waals surface area contributed by atoms with Gasteiger partial charge in [-0.2, -0.15) is 0 Å². The van der Waals surface area contributed by atoms with E-state index in [0.29, 0.717) is 0 Å². The predicted octanol–water partition coefficient (Wildman–Crippen LogP) is 2.76. The number of hydrogen-bond acceptors (Lipinski definition) is 1. The van der Waals surface area contributed by atoms with E-state index in [9.17, 15) is 0 Å². The molecule has 1 nitrogen and oxygen atoms in total. The molecule has 12 heavy (non-hydrogen) atoms. The van der Waals surface area contributed by atoms with Crippen LogP contribution in [-0.4, -0.2) is 24.5 Å². The lowest BCUT2D eigenvalue weighted by Crippen LogP contribution is -2.24. The molecule has 0 N–H and O–H groups in total. The maximum Gasteiger partial charge on any atom is 0.00933 e. The number of hydrogen-bond donors (Lipinski definition) is 0. The monoisotopic (exact) mass is 169 g/mol. The van der Waals surface area contributed by atoms with Gasteiger partial charge in [0.15, 0.2) is 0 Å². The summed E-state index contributed by atoms with van der Waals surface area (Å²) in [7, 11) is 2.27. The van der Waals surface area contributed by atoms with Crippen molar-refractivity contribution >= 4 is 0 Å². The van der Waals surface area contributed by atoms with Crippen molar-refractivity contribution in [1.82, 2.24) is 4.90 Å². The molecule has 72 valence electrons. The van der Waals surface area contributed by atoms with Gasteiger partial charge < -0.3 is 4.90 Å². The van der Waals surface area contributed by atoms with Gasteiger partial charge in [-0.15, -0.1) is 0 Å². The van der Waals surface area contributed by atoms with Crippen LogP contribution in [0.15, 0.2) is 0 Å². The third-order valence-electron chi connectivity index (χ3n) is 3.25. The predicted molar refractivity (Wildman–Crippen MR) is 54.3 cm³/mol. The van der Waals surface area contributed by atoms with Gasteiger partial charge in [-0.05, 0) is 44.7 Å². The molecule has 0 radical (unpaired) electrons. The summed E-state index contributed by atoms with van der Waals surface area (Å²) in [5.74, 6) is 1.73. The van der Waals surface area contributed by atoms with Crippen LogP contribution >= 0.6 is 0 Å². The standard InChI is InChI=1S/C11H23N/c1-9(2)10(3)7-8-12(4)11-5-6-11/h9-11H,5-8H2,1-4H3. The lowest BCUT2D eigenvalue weighted by atomic mass is 9.95. The fourth-order valence-corrected chi connectivity index (χ4v) is 1.44. The van der Waals surface area contributed by atoms with Gasteiger partial charge in [0.25, 0.3) is 0 Å². The van der Waals surface area contributed by atoms with E-state index in [4.69, 9.17) is 0 Å². The van der Waals surface area contributed by atoms with Gasteiger partial charge in [0.2, 0.25) is 0 Å². The van der Waals surface area contributed by atoms with Gasteiger partial charge >= 0.3 is 0 Å². The molecule has 1 heteroatoms. The third kappa shape index (κ3) is 3.14. The molecule has 1 unspecified atom stereocenters. The second-order valence-corrected chi connectivity index (χ2v) is 4.72. The number of nitrogens with zero attached hydrogens (tertiary/aromatic N) is 1. The van der Waals surface area contributed by atoms with E-state index in [0.717, 1.165) is 17.9 Å². The maximum atomic E-state index is 2.53. The van der Waals surface area contributed by atoms with E-state index in [1.54, 1.807) is 0 Å². The molecule has 0 amide bonds. The van der Waals surface area contributed by atoms with Gasteiger partial charge in [-0.3, -0.25) is 0 Å². The van der Waals surface area contributed by atoms with Crippen LogP contribution in [0, 0.1) is 11.8 Å². The minimum absolute atomic E-state index is 0.845. The second-order valence-electron chi connectivity index (χ2n) is 4.72. The van der Waals surface area contributed by atoms with Crippen molar-refractivity contribution in [2.75, 3.05) is 13.6 Å². The Morgan fingerprint density at radius 3 is 2.25 bits per heavy atom. The molecule has 0 aromatic rings. The molecule has 1 aliphatic carbocycles. The lowest BCUT2D eigenvalue weighted by Gasteiger charge is -2.20. The van der Waals surface area contributed by atoms with Crippen LogP contribution in [0.2, 0.25) is 0 Å². The van der Waals surface area contributed by atoms with Crippen molar-refractivity contribution < 1.29 is 0 Å². The highest BCUT2D eigenvalue weighted by Crippen LogP contribution is 2.26. The summed E-state index contributed by atoms with van der Waals surface area (Å²) < 4.78 is 0. The number of rotatable bonds is 5. The van der Waals surface area contributed by atoms with Gasteiger partial charge in [-0.25, -0.2) is 0 Å². The van der Waals surface area contributed by atoms with Crippen LogP contribution < -0.4 is 0 Å². The Morgan fingerprint density at radius 1 is 1.25 bits per heavy atom. The first-order chi connectivity index (χ1) is 5.61. The fraction of sp³-hybridized carbons (Fsp3) is 1.00. The first kappa shape index (κ1) is 10.0.